The van der Waals surface area contributed by atoms with Crippen LogP contribution in [-0.2, 0) is 9.53 Å². The second-order valence-corrected chi connectivity index (χ2v) is 5.24. The van der Waals surface area contributed by atoms with Gasteiger partial charge in [0.05, 0.1) is 12.7 Å². The molecule has 0 bridgehead atoms. The van der Waals surface area contributed by atoms with Gasteiger partial charge in [0.25, 0.3) is 0 Å². The van der Waals surface area contributed by atoms with E-state index in [1.807, 2.05) is 30.4 Å². The summed E-state index contributed by atoms with van der Waals surface area (Å²) in [7, 11) is 1.40. The molecule has 0 spiro atoms. The highest BCUT2D eigenvalue weighted by Crippen LogP contribution is 2.20. The summed E-state index contributed by atoms with van der Waals surface area (Å²) >= 11 is 3.41. The van der Waals surface area contributed by atoms with Crippen molar-refractivity contribution >= 4 is 28.0 Å². The molecule has 1 aliphatic rings. The van der Waals surface area contributed by atoms with Crippen molar-refractivity contribution in [1.82, 2.24) is 0 Å². The number of ether oxygens (including phenoxy) is 1. The van der Waals surface area contributed by atoms with Gasteiger partial charge in [-0.25, -0.2) is 4.79 Å². The summed E-state index contributed by atoms with van der Waals surface area (Å²) in [5.74, 6) is 0.0589. The third kappa shape index (κ3) is 3.93. The summed E-state index contributed by atoms with van der Waals surface area (Å²) < 4.78 is 5.76. The van der Waals surface area contributed by atoms with Gasteiger partial charge in [-0.1, -0.05) is 58.4 Å². The largest absolute Gasteiger partial charge is 0.465 e. The fourth-order valence-corrected chi connectivity index (χ4v) is 2.12. The Bertz CT molecular complexity index is 538. The lowest BCUT2D eigenvalue weighted by Crippen LogP contribution is -2.06. The van der Waals surface area contributed by atoms with Crippen molar-refractivity contribution < 1.29 is 9.53 Å². The number of esters is 1. The molecular formula is C16H15BrO2. The van der Waals surface area contributed by atoms with E-state index in [4.69, 9.17) is 0 Å². The van der Waals surface area contributed by atoms with E-state index < -0.39 is 0 Å². The Morgan fingerprint density at radius 1 is 1.37 bits per heavy atom. The predicted molar refractivity (Wildman–Crippen MR) is 80.5 cm³/mol. The molecule has 2 nitrogen and oxygen atoms in total. The maximum absolute atomic E-state index is 11.3. The fourth-order valence-electron chi connectivity index (χ4n) is 1.86. The van der Waals surface area contributed by atoms with Crippen molar-refractivity contribution in [3.8, 4) is 0 Å². The van der Waals surface area contributed by atoms with E-state index in [0.29, 0.717) is 11.5 Å². The normalized spacial score (nSPS) is 18.4. The highest BCUT2D eigenvalue weighted by molar-refractivity contribution is 9.10. The average Bonchev–Trinajstić information content (AvgIpc) is 2.46. The fraction of sp³-hybridized carbons (Fsp3) is 0.188. The van der Waals surface area contributed by atoms with Gasteiger partial charge in [0.2, 0.25) is 0 Å². The molecule has 98 valence electrons. The van der Waals surface area contributed by atoms with E-state index >= 15 is 0 Å². The Labute approximate surface area is 121 Å². The van der Waals surface area contributed by atoms with Gasteiger partial charge in [0.15, 0.2) is 0 Å². The summed E-state index contributed by atoms with van der Waals surface area (Å²) in [6.45, 7) is 0. The second kappa shape index (κ2) is 6.53. The van der Waals surface area contributed by atoms with Gasteiger partial charge in [-0.15, -0.1) is 0 Å². The average molecular weight is 319 g/mol. The van der Waals surface area contributed by atoms with Gasteiger partial charge in [0.1, 0.15) is 0 Å². The lowest BCUT2D eigenvalue weighted by atomic mass is 9.95. The van der Waals surface area contributed by atoms with E-state index in [1.165, 1.54) is 12.7 Å². The standard InChI is InChI=1S/C16H15BrO2/c1-19-16(18)14-8-4-12(5-9-14)2-3-13-6-10-15(17)11-7-13/h2-4,6-12H,5H2,1H3. The summed E-state index contributed by atoms with van der Waals surface area (Å²) in [6, 6.07) is 8.16. The van der Waals surface area contributed by atoms with Gasteiger partial charge >= 0.3 is 5.97 Å². The smallest absolute Gasteiger partial charge is 0.337 e. The zero-order valence-electron chi connectivity index (χ0n) is 10.7. The van der Waals surface area contributed by atoms with Crippen molar-refractivity contribution in [1.29, 1.82) is 0 Å². The van der Waals surface area contributed by atoms with Gasteiger partial charge < -0.3 is 4.74 Å². The van der Waals surface area contributed by atoms with Crippen molar-refractivity contribution in [2.75, 3.05) is 7.11 Å². The van der Waals surface area contributed by atoms with E-state index in [-0.39, 0.29) is 5.97 Å². The molecule has 1 aliphatic carbocycles. The van der Waals surface area contributed by atoms with Gasteiger partial charge in [-0.3, -0.25) is 0 Å². The maximum atomic E-state index is 11.3. The van der Waals surface area contributed by atoms with Crippen LogP contribution in [0, 0.1) is 5.92 Å². The zero-order valence-corrected chi connectivity index (χ0v) is 12.3. The minimum absolute atomic E-state index is 0.272. The van der Waals surface area contributed by atoms with Crippen LogP contribution in [0.15, 0.2) is 58.6 Å². The molecule has 0 saturated heterocycles. The lowest BCUT2D eigenvalue weighted by molar-refractivity contribution is -0.135. The van der Waals surface area contributed by atoms with Crippen LogP contribution in [0.2, 0.25) is 0 Å². The van der Waals surface area contributed by atoms with E-state index in [1.54, 1.807) is 0 Å². The Morgan fingerprint density at radius 2 is 2.11 bits per heavy atom. The van der Waals surface area contributed by atoms with Gasteiger partial charge in [-0.2, -0.15) is 0 Å². The van der Waals surface area contributed by atoms with Crippen molar-refractivity contribution in [3.63, 3.8) is 0 Å². The molecule has 1 aromatic carbocycles. The Hall–Kier alpha value is -1.61. The number of methoxy groups -OCH3 is 1. The first-order chi connectivity index (χ1) is 9.19. The summed E-state index contributed by atoms with van der Waals surface area (Å²) in [6.07, 6.45) is 10.8. The molecule has 0 fully saturated rings. The van der Waals surface area contributed by atoms with Crippen LogP contribution in [0.25, 0.3) is 6.08 Å². The number of allylic oxidation sites excluding steroid dienone is 3. The molecule has 0 amide bonds. The molecule has 19 heavy (non-hydrogen) atoms. The van der Waals surface area contributed by atoms with E-state index in [2.05, 4.69) is 45.0 Å². The molecule has 0 heterocycles. The van der Waals surface area contributed by atoms with Crippen molar-refractivity contribution in [2.45, 2.75) is 6.42 Å². The molecule has 1 atom stereocenters. The van der Waals surface area contributed by atoms with Crippen LogP contribution in [0.4, 0.5) is 0 Å². The molecule has 0 aromatic heterocycles. The van der Waals surface area contributed by atoms with E-state index in [9.17, 15) is 4.79 Å². The Kier molecular flexibility index (Phi) is 4.74. The molecule has 0 aliphatic heterocycles. The Morgan fingerprint density at radius 3 is 2.68 bits per heavy atom. The molecule has 0 N–H and O–H groups in total. The predicted octanol–water partition coefficient (Wildman–Crippen LogP) is 4.14. The number of hydrogen-bond acceptors (Lipinski definition) is 2. The zero-order chi connectivity index (χ0) is 13.7. The van der Waals surface area contributed by atoms with E-state index in [0.717, 1.165) is 10.9 Å². The summed E-state index contributed by atoms with van der Waals surface area (Å²) in [4.78, 5) is 11.3. The molecule has 3 heteroatoms. The second-order valence-electron chi connectivity index (χ2n) is 4.32. The number of hydrogen-bond donors (Lipinski definition) is 0. The number of carbonyl (C=O) groups excluding carboxylic acids is 1. The molecule has 2 rings (SSSR count). The van der Waals surface area contributed by atoms with Crippen LogP contribution in [0.3, 0.4) is 0 Å². The maximum Gasteiger partial charge on any atom is 0.337 e. The molecule has 1 aromatic rings. The monoisotopic (exact) mass is 318 g/mol. The van der Waals surface area contributed by atoms with Gasteiger partial charge in [-0.05, 0) is 30.0 Å². The minimum Gasteiger partial charge on any atom is -0.465 e. The third-order valence-electron chi connectivity index (χ3n) is 2.96. The highest BCUT2D eigenvalue weighted by atomic mass is 79.9. The summed E-state index contributed by atoms with van der Waals surface area (Å²) in [5, 5.41) is 0. The molecule has 0 saturated carbocycles. The van der Waals surface area contributed by atoms with Crippen molar-refractivity contribution in [3.05, 3.63) is 64.2 Å². The number of halogens is 1. The first kappa shape index (κ1) is 13.8. The lowest BCUT2D eigenvalue weighted by Gasteiger charge is -2.11. The van der Waals surface area contributed by atoms with Crippen LogP contribution in [0.1, 0.15) is 12.0 Å². The quantitative estimate of drug-likeness (QED) is 0.783. The van der Waals surface area contributed by atoms with Crippen LogP contribution in [-0.4, -0.2) is 13.1 Å². The third-order valence-corrected chi connectivity index (χ3v) is 3.49. The summed E-state index contributed by atoms with van der Waals surface area (Å²) in [5.41, 5.74) is 1.80. The number of rotatable bonds is 3. The SMILES string of the molecule is COC(=O)C1=CCC(C=Cc2ccc(Br)cc2)C=C1. The topological polar surface area (TPSA) is 26.3 Å². The Balaban J connectivity index is 1.96. The molecule has 0 radical (unpaired) electrons. The van der Waals surface area contributed by atoms with Crippen LogP contribution in [0.5, 0.6) is 0 Å². The van der Waals surface area contributed by atoms with Crippen LogP contribution < -0.4 is 0 Å². The number of benzene rings is 1. The van der Waals surface area contributed by atoms with Crippen LogP contribution >= 0.6 is 15.9 Å². The molecule has 1 unspecified atom stereocenters. The number of carbonyl (C=O) groups is 1. The highest BCUT2D eigenvalue weighted by Gasteiger charge is 2.11. The van der Waals surface area contributed by atoms with Crippen molar-refractivity contribution in [2.24, 2.45) is 5.92 Å². The first-order valence-electron chi connectivity index (χ1n) is 6.09. The minimum atomic E-state index is -0.272. The first-order valence-corrected chi connectivity index (χ1v) is 6.89. The molecular weight excluding hydrogens is 304 g/mol. The van der Waals surface area contributed by atoms with Gasteiger partial charge in [0, 0.05) is 4.47 Å².